The van der Waals surface area contributed by atoms with Gasteiger partial charge in [0.15, 0.2) is 0 Å². The highest BCUT2D eigenvalue weighted by molar-refractivity contribution is 6.33. The van der Waals surface area contributed by atoms with Gasteiger partial charge >= 0.3 is 0 Å². The van der Waals surface area contributed by atoms with Crippen LogP contribution in [0.4, 0.5) is 11.4 Å². The van der Waals surface area contributed by atoms with Crippen LogP contribution in [0.2, 0.25) is 5.02 Å². The molecule has 1 heterocycles. The van der Waals surface area contributed by atoms with Crippen molar-refractivity contribution in [2.24, 2.45) is 0 Å². The second kappa shape index (κ2) is 6.90. The van der Waals surface area contributed by atoms with Gasteiger partial charge in [-0.05, 0) is 30.7 Å². The smallest absolute Gasteiger partial charge is 0.266 e. The Morgan fingerprint density at radius 1 is 1.38 bits per heavy atom. The first-order chi connectivity index (χ1) is 10.1. The fraction of sp³-hybridized carbons (Fsp3) is 0.214. The van der Waals surface area contributed by atoms with Gasteiger partial charge in [0, 0.05) is 30.9 Å². The summed E-state index contributed by atoms with van der Waals surface area (Å²) in [6.07, 6.45) is 2.34. The van der Waals surface area contributed by atoms with E-state index < -0.39 is 0 Å². The van der Waals surface area contributed by atoms with Crippen LogP contribution < -0.4 is 16.6 Å². The number of aromatic nitrogens is 2. The number of hydrogen-bond acceptors (Lipinski definition) is 4. The second-order valence-corrected chi connectivity index (χ2v) is 4.88. The Kier molecular flexibility index (Phi) is 4.94. The van der Waals surface area contributed by atoms with Crippen LogP contribution in [0.5, 0.6) is 0 Å². The van der Waals surface area contributed by atoms with Gasteiger partial charge in [-0.15, -0.1) is 0 Å². The Morgan fingerprint density at radius 3 is 2.90 bits per heavy atom. The minimum absolute atomic E-state index is 0.152. The molecule has 6 nitrogen and oxygen atoms in total. The van der Waals surface area contributed by atoms with Gasteiger partial charge in [0.25, 0.3) is 5.56 Å². The van der Waals surface area contributed by atoms with Crippen LogP contribution in [-0.2, 0) is 11.3 Å². The van der Waals surface area contributed by atoms with E-state index in [1.54, 1.807) is 24.3 Å². The van der Waals surface area contributed by atoms with Crippen LogP contribution in [0.25, 0.3) is 0 Å². The van der Waals surface area contributed by atoms with E-state index in [-0.39, 0.29) is 17.9 Å². The Bertz CT molecular complexity index is 699. The quantitative estimate of drug-likeness (QED) is 0.826. The summed E-state index contributed by atoms with van der Waals surface area (Å²) in [4.78, 5) is 23.2. The molecule has 0 aliphatic rings. The number of aryl methyl sites for hydroxylation is 1. The standard InChI is InChI=1S/C14H15ClN4O2/c15-11-6-5-10(9-12(11)16)18-13(20)3-2-8-19-14(21)4-1-7-17-19/h1,4-7,9H,2-3,8,16H2,(H,18,20). The van der Waals surface area contributed by atoms with Crippen LogP contribution in [0.15, 0.2) is 41.3 Å². The highest BCUT2D eigenvalue weighted by Gasteiger charge is 2.05. The van der Waals surface area contributed by atoms with Gasteiger partial charge in [0.1, 0.15) is 0 Å². The van der Waals surface area contributed by atoms with Crippen molar-refractivity contribution in [3.8, 4) is 0 Å². The number of nitrogens with one attached hydrogen (secondary N) is 1. The number of nitrogen functional groups attached to an aromatic ring is 1. The number of halogens is 1. The first kappa shape index (κ1) is 15.1. The minimum atomic E-state index is -0.177. The van der Waals surface area contributed by atoms with Crippen LogP contribution in [0.1, 0.15) is 12.8 Å². The first-order valence-corrected chi connectivity index (χ1v) is 6.81. The van der Waals surface area contributed by atoms with E-state index in [1.165, 1.54) is 16.9 Å². The number of anilines is 2. The summed E-state index contributed by atoms with van der Waals surface area (Å²) >= 11 is 5.81. The molecular weight excluding hydrogens is 292 g/mol. The van der Waals surface area contributed by atoms with E-state index in [0.29, 0.717) is 29.4 Å². The van der Waals surface area contributed by atoms with Crippen molar-refractivity contribution in [2.75, 3.05) is 11.1 Å². The maximum Gasteiger partial charge on any atom is 0.266 e. The summed E-state index contributed by atoms with van der Waals surface area (Å²) in [6, 6.07) is 7.92. The van der Waals surface area contributed by atoms with Gasteiger partial charge in [-0.25, -0.2) is 4.68 Å². The average molecular weight is 307 g/mol. The van der Waals surface area contributed by atoms with Crippen molar-refractivity contribution in [3.05, 3.63) is 51.9 Å². The highest BCUT2D eigenvalue weighted by Crippen LogP contribution is 2.22. The van der Waals surface area contributed by atoms with E-state index in [0.717, 1.165) is 0 Å². The summed E-state index contributed by atoms with van der Waals surface area (Å²) in [5.74, 6) is -0.152. The van der Waals surface area contributed by atoms with Gasteiger partial charge in [-0.2, -0.15) is 5.10 Å². The maximum absolute atomic E-state index is 11.8. The molecule has 1 aromatic heterocycles. The third-order valence-corrected chi connectivity index (χ3v) is 3.18. The minimum Gasteiger partial charge on any atom is -0.397 e. The number of amides is 1. The van der Waals surface area contributed by atoms with Crippen LogP contribution in [0, 0.1) is 0 Å². The Hall–Kier alpha value is -2.34. The van der Waals surface area contributed by atoms with Crippen molar-refractivity contribution in [3.63, 3.8) is 0 Å². The molecule has 2 rings (SSSR count). The monoisotopic (exact) mass is 306 g/mol. The van der Waals surface area contributed by atoms with Crippen molar-refractivity contribution >= 4 is 28.9 Å². The average Bonchev–Trinajstić information content (AvgIpc) is 2.45. The van der Waals surface area contributed by atoms with E-state index in [1.807, 2.05) is 0 Å². The predicted molar refractivity (Wildman–Crippen MR) is 82.2 cm³/mol. The lowest BCUT2D eigenvalue weighted by Gasteiger charge is -2.07. The van der Waals surface area contributed by atoms with Crippen LogP contribution in [0.3, 0.4) is 0 Å². The molecule has 1 amide bonds. The molecule has 0 atom stereocenters. The fourth-order valence-electron chi connectivity index (χ4n) is 1.79. The molecule has 0 radical (unpaired) electrons. The Morgan fingerprint density at radius 2 is 2.19 bits per heavy atom. The molecule has 0 aliphatic carbocycles. The normalized spacial score (nSPS) is 10.3. The topological polar surface area (TPSA) is 90.0 Å². The summed E-state index contributed by atoms with van der Waals surface area (Å²) < 4.78 is 1.33. The molecule has 1 aromatic carbocycles. The largest absolute Gasteiger partial charge is 0.397 e. The van der Waals surface area contributed by atoms with Crippen LogP contribution >= 0.6 is 11.6 Å². The van der Waals surface area contributed by atoms with Gasteiger partial charge in [-0.1, -0.05) is 11.6 Å². The predicted octanol–water partition coefficient (Wildman–Crippen LogP) is 1.90. The molecule has 2 aromatic rings. The van der Waals surface area contributed by atoms with Gasteiger partial charge in [0.2, 0.25) is 5.91 Å². The Balaban J connectivity index is 1.84. The number of hydrogen-bond donors (Lipinski definition) is 2. The van der Waals surface area contributed by atoms with Gasteiger partial charge < -0.3 is 11.1 Å². The SMILES string of the molecule is Nc1cc(NC(=O)CCCn2ncccc2=O)ccc1Cl. The third-order valence-electron chi connectivity index (χ3n) is 2.84. The van der Waals surface area contributed by atoms with E-state index in [4.69, 9.17) is 17.3 Å². The van der Waals surface area contributed by atoms with Gasteiger partial charge in [-0.3, -0.25) is 9.59 Å². The number of nitrogens with zero attached hydrogens (tertiary/aromatic N) is 2. The second-order valence-electron chi connectivity index (χ2n) is 4.47. The zero-order chi connectivity index (χ0) is 15.2. The molecule has 0 saturated heterocycles. The lowest BCUT2D eigenvalue weighted by atomic mass is 10.2. The number of rotatable bonds is 5. The summed E-state index contributed by atoms with van der Waals surface area (Å²) in [7, 11) is 0. The summed E-state index contributed by atoms with van der Waals surface area (Å²) in [5.41, 5.74) is 6.49. The number of carbonyl (C=O) groups excluding carboxylic acids is 1. The summed E-state index contributed by atoms with van der Waals surface area (Å²) in [5, 5.41) is 7.09. The third kappa shape index (κ3) is 4.32. The molecule has 0 spiro atoms. The molecule has 3 N–H and O–H groups in total. The van der Waals surface area contributed by atoms with E-state index in [9.17, 15) is 9.59 Å². The maximum atomic E-state index is 11.8. The lowest BCUT2D eigenvalue weighted by Crippen LogP contribution is -2.22. The van der Waals surface area contributed by atoms with Crippen molar-refractivity contribution in [1.82, 2.24) is 9.78 Å². The first-order valence-electron chi connectivity index (χ1n) is 6.43. The van der Waals surface area contributed by atoms with Gasteiger partial charge in [0.05, 0.1) is 10.7 Å². The lowest BCUT2D eigenvalue weighted by molar-refractivity contribution is -0.116. The molecule has 21 heavy (non-hydrogen) atoms. The molecular formula is C14H15ClN4O2. The Labute approximate surface area is 126 Å². The van der Waals surface area contributed by atoms with Crippen molar-refractivity contribution in [2.45, 2.75) is 19.4 Å². The number of benzene rings is 1. The molecule has 0 fully saturated rings. The van der Waals surface area contributed by atoms with Crippen molar-refractivity contribution < 1.29 is 4.79 Å². The summed E-state index contributed by atoms with van der Waals surface area (Å²) in [6.45, 7) is 0.399. The fourth-order valence-corrected chi connectivity index (χ4v) is 1.91. The van der Waals surface area contributed by atoms with Crippen LogP contribution in [-0.4, -0.2) is 15.7 Å². The highest BCUT2D eigenvalue weighted by atomic mass is 35.5. The number of nitrogens with two attached hydrogens (primary N) is 1. The molecule has 0 bridgehead atoms. The zero-order valence-corrected chi connectivity index (χ0v) is 12.0. The molecule has 0 aliphatic heterocycles. The molecule has 110 valence electrons. The molecule has 0 unspecified atom stereocenters. The van der Waals surface area contributed by atoms with E-state index >= 15 is 0 Å². The molecule has 0 saturated carbocycles. The number of carbonyl (C=O) groups is 1. The molecule has 7 heteroatoms. The van der Waals surface area contributed by atoms with Crippen molar-refractivity contribution in [1.29, 1.82) is 0 Å². The zero-order valence-electron chi connectivity index (χ0n) is 11.3. The van der Waals surface area contributed by atoms with E-state index in [2.05, 4.69) is 10.4 Å².